The Morgan fingerprint density at radius 1 is 1.20 bits per heavy atom. The molecule has 0 bridgehead atoms. The van der Waals surface area contributed by atoms with Gasteiger partial charge in [-0.05, 0) is 30.4 Å². The van der Waals surface area contributed by atoms with Crippen LogP contribution in [0.25, 0.3) is 0 Å². The summed E-state index contributed by atoms with van der Waals surface area (Å²) in [7, 11) is 0. The largest absolute Gasteiger partial charge is 0.348 e. The Kier molecular flexibility index (Phi) is 2.05. The summed E-state index contributed by atoms with van der Waals surface area (Å²) < 4.78 is 0. The Labute approximate surface area is 89.4 Å². The molecule has 0 amide bonds. The van der Waals surface area contributed by atoms with Gasteiger partial charge in [-0.2, -0.15) is 0 Å². The van der Waals surface area contributed by atoms with Crippen LogP contribution in [0.4, 0.5) is 0 Å². The molecule has 1 aromatic carbocycles. The smallest absolute Gasteiger partial charge is 0.0921 e. The van der Waals surface area contributed by atoms with E-state index in [4.69, 9.17) is 0 Å². The molecular weight excluding hydrogens is 184 g/mol. The molecule has 0 aliphatic heterocycles. The van der Waals surface area contributed by atoms with E-state index in [9.17, 15) is 0 Å². The first-order valence-corrected chi connectivity index (χ1v) is 5.48. The molecule has 1 N–H and O–H groups in total. The number of aromatic nitrogens is 2. The SMILES string of the molecule is c1ccc2c(c1)CCC(c1cnc[nH]1)C2. The minimum absolute atomic E-state index is 0.627. The van der Waals surface area contributed by atoms with E-state index in [-0.39, 0.29) is 0 Å². The fourth-order valence-electron chi connectivity index (χ4n) is 2.45. The molecule has 1 heterocycles. The third kappa shape index (κ3) is 1.56. The number of rotatable bonds is 1. The number of imidazole rings is 1. The van der Waals surface area contributed by atoms with E-state index in [0.29, 0.717) is 5.92 Å². The molecule has 1 aliphatic carbocycles. The highest BCUT2D eigenvalue weighted by Gasteiger charge is 2.20. The van der Waals surface area contributed by atoms with Crippen molar-refractivity contribution in [3.63, 3.8) is 0 Å². The molecule has 0 saturated heterocycles. The fraction of sp³-hybridized carbons (Fsp3) is 0.308. The molecular formula is C13H14N2. The van der Waals surface area contributed by atoms with Crippen LogP contribution in [0.3, 0.4) is 0 Å². The number of nitrogens with one attached hydrogen (secondary N) is 1. The minimum atomic E-state index is 0.627. The molecule has 1 unspecified atom stereocenters. The lowest BCUT2D eigenvalue weighted by molar-refractivity contribution is 0.573. The van der Waals surface area contributed by atoms with Gasteiger partial charge in [0.1, 0.15) is 0 Å². The quantitative estimate of drug-likeness (QED) is 0.749. The van der Waals surface area contributed by atoms with E-state index in [1.54, 1.807) is 6.33 Å². The van der Waals surface area contributed by atoms with Crippen molar-refractivity contribution in [2.45, 2.75) is 25.2 Å². The number of benzene rings is 1. The number of H-pyrrole nitrogens is 1. The summed E-state index contributed by atoms with van der Waals surface area (Å²) in [6.07, 6.45) is 7.31. The van der Waals surface area contributed by atoms with Gasteiger partial charge < -0.3 is 4.98 Å². The van der Waals surface area contributed by atoms with E-state index >= 15 is 0 Å². The van der Waals surface area contributed by atoms with Gasteiger partial charge in [-0.15, -0.1) is 0 Å². The van der Waals surface area contributed by atoms with Crippen LogP contribution in [-0.4, -0.2) is 9.97 Å². The zero-order valence-corrected chi connectivity index (χ0v) is 8.61. The highest BCUT2D eigenvalue weighted by molar-refractivity contribution is 5.31. The van der Waals surface area contributed by atoms with Gasteiger partial charge in [0.15, 0.2) is 0 Å². The molecule has 0 saturated carbocycles. The summed E-state index contributed by atoms with van der Waals surface area (Å²) in [6, 6.07) is 8.76. The molecule has 2 heteroatoms. The highest BCUT2D eigenvalue weighted by atomic mass is 14.9. The number of aryl methyl sites for hydroxylation is 1. The zero-order valence-electron chi connectivity index (χ0n) is 8.61. The van der Waals surface area contributed by atoms with Crippen LogP contribution >= 0.6 is 0 Å². The summed E-state index contributed by atoms with van der Waals surface area (Å²) in [5.41, 5.74) is 4.31. The van der Waals surface area contributed by atoms with Gasteiger partial charge in [0.05, 0.1) is 6.33 Å². The maximum Gasteiger partial charge on any atom is 0.0921 e. The Hall–Kier alpha value is -1.57. The van der Waals surface area contributed by atoms with Gasteiger partial charge in [-0.25, -0.2) is 4.98 Å². The van der Waals surface area contributed by atoms with Gasteiger partial charge >= 0.3 is 0 Å². The van der Waals surface area contributed by atoms with Crippen LogP contribution in [0.2, 0.25) is 0 Å². The number of aromatic amines is 1. The Morgan fingerprint density at radius 3 is 2.87 bits per heavy atom. The Morgan fingerprint density at radius 2 is 2.07 bits per heavy atom. The molecule has 2 aromatic rings. The van der Waals surface area contributed by atoms with Crippen LogP contribution in [0.1, 0.15) is 29.2 Å². The van der Waals surface area contributed by atoms with Gasteiger partial charge in [0, 0.05) is 17.8 Å². The third-order valence-corrected chi connectivity index (χ3v) is 3.31. The van der Waals surface area contributed by atoms with Crippen LogP contribution in [-0.2, 0) is 12.8 Å². The first kappa shape index (κ1) is 8.72. The summed E-state index contributed by atoms with van der Waals surface area (Å²) >= 11 is 0. The minimum Gasteiger partial charge on any atom is -0.348 e. The van der Waals surface area contributed by atoms with E-state index in [0.717, 1.165) is 6.42 Å². The average molecular weight is 198 g/mol. The second-order valence-electron chi connectivity index (χ2n) is 4.22. The first-order chi connectivity index (χ1) is 7.43. The topological polar surface area (TPSA) is 28.7 Å². The van der Waals surface area contributed by atoms with Crippen LogP contribution in [0.15, 0.2) is 36.8 Å². The van der Waals surface area contributed by atoms with Crippen LogP contribution in [0.5, 0.6) is 0 Å². The van der Waals surface area contributed by atoms with E-state index in [1.165, 1.54) is 29.7 Å². The number of hydrogen-bond acceptors (Lipinski definition) is 1. The van der Waals surface area contributed by atoms with Crippen molar-refractivity contribution in [2.75, 3.05) is 0 Å². The molecule has 1 aliphatic rings. The zero-order chi connectivity index (χ0) is 10.1. The second kappa shape index (κ2) is 3.54. The molecule has 0 spiro atoms. The maximum atomic E-state index is 4.10. The molecule has 1 aromatic heterocycles. The van der Waals surface area contributed by atoms with E-state index < -0.39 is 0 Å². The van der Waals surface area contributed by atoms with Crippen molar-refractivity contribution in [1.29, 1.82) is 0 Å². The van der Waals surface area contributed by atoms with E-state index in [2.05, 4.69) is 34.2 Å². The van der Waals surface area contributed by atoms with Crippen molar-refractivity contribution in [3.05, 3.63) is 53.6 Å². The lowest BCUT2D eigenvalue weighted by Crippen LogP contribution is -2.12. The number of fused-ring (bicyclic) bond motifs is 1. The van der Waals surface area contributed by atoms with Crippen LogP contribution < -0.4 is 0 Å². The summed E-state index contributed by atoms with van der Waals surface area (Å²) in [6.45, 7) is 0. The monoisotopic (exact) mass is 198 g/mol. The average Bonchev–Trinajstić information content (AvgIpc) is 2.82. The normalized spacial score (nSPS) is 19.9. The highest BCUT2D eigenvalue weighted by Crippen LogP contribution is 2.31. The van der Waals surface area contributed by atoms with E-state index in [1.807, 2.05) is 6.20 Å². The van der Waals surface area contributed by atoms with Gasteiger partial charge in [-0.3, -0.25) is 0 Å². The molecule has 0 fully saturated rings. The van der Waals surface area contributed by atoms with Crippen LogP contribution in [0, 0.1) is 0 Å². The molecule has 2 nitrogen and oxygen atoms in total. The summed E-state index contributed by atoms with van der Waals surface area (Å²) in [5, 5.41) is 0. The molecule has 1 atom stereocenters. The van der Waals surface area contributed by atoms with Crippen molar-refractivity contribution in [1.82, 2.24) is 9.97 Å². The Bertz CT molecular complexity index is 445. The predicted octanol–water partition coefficient (Wildman–Crippen LogP) is 2.68. The number of nitrogens with zero attached hydrogens (tertiary/aromatic N) is 1. The molecule has 76 valence electrons. The summed E-state index contributed by atoms with van der Waals surface area (Å²) in [5.74, 6) is 0.627. The number of hydrogen-bond donors (Lipinski definition) is 1. The molecule has 15 heavy (non-hydrogen) atoms. The predicted molar refractivity (Wildman–Crippen MR) is 59.8 cm³/mol. The van der Waals surface area contributed by atoms with Crippen molar-refractivity contribution < 1.29 is 0 Å². The lowest BCUT2D eigenvalue weighted by atomic mass is 9.82. The fourth-order valence-corrected chi connectivity index (χ4v) is 2.45. The van der Waals surface area contributed by atoms with Crippen molar-refractivity contribution in [3.8, 4) is 0 Å². The molecule has 0 radical (unpaired) electrons. The Balaban J connectivity index is 1.89. The van der Waals surface area contributed by atoms with Crippen molar-refractivity contribution >= 4 is 0 Å². The summed E-state index contributed by atoms with van der Waals surface area (Å²) in [4.78, 5) is 7.32. The van der Waals surface area contributed by atoms with Gasteiger partial charge in [0.2, 0.25) is 0 Å². The van der Waals surface area contributed by atoms with Gasteiger partial charge in [0.25, 0.3) is 0 Å². The maximum absolute atomic E-state index is 4.10. The lowest BCUT2D eigenvalue weighted by Gasteiger charge is -2.23. The second-order valence-corrected chi connectivity index (χ2v) is 4.22. The van der Waals surface area contributed by atoms with Crippen molar-refractivity contribution in [2.24, 2.45) is 0 Å². The standard InChI is InChI=1S/C13H14N2/c1-2-4-11-7-12(6-5-10(11)3-1)13-8-14-9-15-13/h1-4,8-9,12H,5-7H2,(H,14,15). The van der Waals surface area contributed by atoms with Gasteiger partial charge in [-0.1, -0.05) is 24.3 Å². The third-order valence-electron chi connectivity index (χ3n) is 3.31. The molecule has 3 rings (SSSR count). The first-order valence-electron chi connectivity index (χ1n) is 5.48.